The van der Waals surface area contributed by atoms with Crippen molar-refractivity contribution in [2.75, 3.05) is 31.6 Å². The van der Waals surface area contributed by atoms with Gasteiger partial charge in [0.25, 0.3) is 0 Å². The van der Waals surface area contributed by atoms with E-state index in [2.05, 4.69) is 34.0 Å². The van der Waals surface area contributed by atoms with Gasteiger partial charge in [-0.2, -0.15) is 0 Å². The van der Waals surface area contributed by atoms with E-state index >= 15 is 0 Å². The van der Waals surface area contributed by atoms with E-state index in [1.165, 1.54) is 16.9 Å². The van der Waals surface area contributed by atoms with Crippen LogP contribution in [0.4, 0.5) is 5.13 Å². The van der Waals surface area contributed by atoms with Crippen LogP contribution in [0.25, 0.3) is 0 Å². The van der Waals surface area contributed by atoms with E-state index in [0.29, 0.717) is 10.0 Å². The highest BCUT2D eigenvalue weighted by atomic mass is 35.5. The number of carbonyl (C=O) groups excluding carboxylic acids is 1. The number of anilines is 1. The summed E-state index contributed by atoms with van der Waals surface area (Å²) in [5.74, 6) is 0. The lowest BCUT2D eigenvalue weighted by molar-refractivity contribution is 0.112. The SMILES string of the molecule is CN1CCN(c2nc(Cl)c(C=O)s2)C(c2ccccc2)C1. The third-order valence-electron chi connectivity index (χ3n) is 3.72. The first-order valence-corrected chi connectivity index (χ1v) is 8.00. The zero-order chi connectivity index (χ0) is 14.8. The predicted molar refractivity (Wildman–Crippen MR) is 86.5 cm³/mol. The quantitative estimate of drug-likeness (QED) is 0.814. The van der Waals surface area contributed by atoms with Gasteiger partial charge < -0.3 is 9.80 Å². The molecule has 1 atom stereocenters. The number of rotatable bonds is 3. The van der Waals surface area contributed by atoms with Crippen LogP contribution < -0.4 is 4.90 Å². The fourth-order valence-electron chi connectivity index (χ4n) is 2.61. The van der Waals surface area contributed by atoms with Crippen LogP contribution in [0.5, 0.6) is 0 Å². The smallest absolute Gasteiger partial charge is 0.188 e. The lowest BCUT2D eigenvalue weighted by Gasteiger charge is -2.40. The van der Waals surface area contributed by atoms with Gasteiger partial charge in [-0.25, -0.2) is 4.98 Å². The molecule has 6 heteroatoms. The topological polar surface area (TPSA) is 36.4 Å². The zero-order valence-corrected chi connectivity index (χ0v) is 13.3. The molecular weight excluding hydrogens is 306 g/mol. The lowest BCUT2D eigenvalue weighted by Crippen LogP contribution is -2.46. The number of aldehydes is 1. The number of nitrogens with zero attached hydrogens (tertiary/aromatic N) is 3. The Morgan fingerprint density at radius 2 is 2.10 bits per heavy atom. The maximum atomic E-state index is 11.0. The summed E-state index contributed by atoms with van der Waals surface area (Å²) >= 11 is 7.38. The fourth-order valence-corrected chi connectivity index (χ4v) is 3.74. The Morgan fingerprint density at radius 1 is 1.33 bits per heavy atom. The Labute approximate surface area is 133 Å². The van der Waals surface area contributed by atoms with Crippen LogP contribution in [-0.2, 0) is 0 Å². The summed E-state index contributed by atoms with van der Waals surface area (Å²) in [6.07, 6.45) is 0.775. The first-order valence-electron chi connectivity index (χ1n) is 6.80. The monoisotopic (exact) mass is 321 g/mol. The molecule has 0 N–H and O–H groups in total. The number of benzene rings is 1. The van der Waals surface area contributed by atoms with Crippen molar-refractivity contribution in [1.29, 1.82) is 0 Å². The molecule has 0 amide bonds. The number of piperazine rings is 1. The summed E-state index contributed by atoms with van der Waals surface area (Å²) < 4.78 is 0. The number of halogens is 1. The summed E-state index contributed by atoms with van der Waals surface area (Å²) in [5.41, 5.74) is 1.25. The van der Waals surface area contributed by atoms with E-state index < -0.39 is 0 Å². The highest BCUT2D eigenvalue weighted by Crippen LogP contribution is 2.35. The largest absolute Gasteiger partial charge is 0.338 e. The first kappa shape index (κ1) is 14.5. The van der Waals surface area contributed by atoms with Gasteiger partial charge in [-0.05, 0) is 12.6 Å². The van der Waals surface area contributed by atoms with Crippen molar-refractivity contribution in [1.82, 2.24) is 9.88 Å². The number of hydrogen-bond acceptors (Lipinski definition) is 5. The second-order valence-corrected chi connectivity index (χ2v) is 6.52. The number of aromatic nitrogens is 1. The third-order valence-corrected chi connectivity index (χ3v) is 5.14. The molecule has 0 spiro atoms. The maximum absolute atomic E-state index is 11.0. The molecule has 0 aliphatic carbocycles. The van der Waals surface area contributed by atoms with Gasteiger partial charge >= 0.3 is 0 Å². The Balaban J connectivity index is 1.95. The van der Waals surface area contributed by atoms with Crippen molar-refractivity contribution < 1.29 is 4.79 Å². The van der Waals surface area contributed by atoms with Crippen LogP contribution >= 0.6 is 22.9 Å². The van der Waals surface area contributed by atoms with Crippen molar-refractivity contribution >= 4 is 34.4 Å². The van der Waals surface area contributed by atoms with Gasteiger partial charge in [0.05, 0.1) is 6.04 Å². The number of hydrogen-bond donors (Lipinski definition) is 0. The van der Waals surface area contributed by atoms with Crippen LogP contribution in [0.15, 0.2) is 30.3 Å². The molecule has 1 unspecified atom stereocenters. The van der Waals surface area contributed by atoms with Crippen LogP contribution in [0.3, 0.4) is 0 Å². The molecule has 0 radical (unpaired) electrons. The molecule has 1 saturated heterocycles. The molecule has 0 saturated carbocycles. The standard InChI is InChI=1S/C15H16ClN3OS/c1-18-7-8-19(15-17-14(16)13(10-20)21-15)12(9-18)11-5-3-2-4-6-11/h2-6,10,12H,7-9H2,1H3. The van der Waals surface area contributed by atoms with E-state index in [4.69, 9.17) is 11.6 Å². The first-order chi connectivity index (χ1) is 10.2. The average molecular weight is 322 g/mol. The molecule has 1 aromatic carbocycles. The summed E-state index contributed by atoms with van der Waals surface area (Å²) in [6, 6.07) is 10.6. The maximum Gasteiger partial charge on any atom is 0.188 e. The lowest BCUT2D eigenvalue weighted by atomic mass is 10.0. The Bertz CT molecular complexity index is 631. The molecule has 1 aliphatic heterocycles. The van der Waals surface area contributed by atoms with Gasteiger partial charge in [-0.1, -0.05) is 53.3 Å². The van der Waals surface area contributed by atoms with Crippen LogP contribution in [0.2, 0.25) is 5.15 Å². The van der Waals surface area contributed by atoms with Crippen LogP contribution in [0, 0.1) is 0 Å². The Kier molecular flexibility index (Phi) is 4.24. The predicted octanol–water partition coefficient (Wildman–Crippen LogP) is 3.10. The Hall–Kier alpha value is -1.43. The van der Waals surface area contributed by atoms with Crippen molar-refractivity contribution in [2.24, 2.45) is 0 Å². The highest BCUT2D eigenvalue weighted by Gasteiger charge is 2.29. The molecule has 2 heterocycles. The van der Waals surface area contributed by atoms with Gasteiger partial charge in [0.15, 0.2) is 16.6 Å². The molecule has 1 aromatic heterocycles. The van der Waals surface area contributed by atoms with Crippen LogP contribution in [0.1, 0.15) is 21.3 Å². The van der Waals surface area contributed by atoms with Crippen LogP contribution in [-0.4, -0.2) is 42.9 Å². The normalized spacial score (nSPS) is 19.7. The summed E-state index contributed by atoms with van der Waals surface area (Å²) in [5, 5.41) is 1.12. The fraction of sp³-hybridized carbons (Fsp3) is 0.333. The summed E-state index contributed by atoms with van der Waals surface area (Å²) in [6.45, 7) is 2.77. The number of thiazole rings is 1. The summed E-state index contributed by atoms with van der Waals surface area (Å²) in [7, 11) is 2.12. The van der Waals surface area contributed by atoms with Gasteiger partial charge in [-0.15, -0.1) is 0 Å². The zero-order valence-electron chi connectivity index (χ0n) is 11.7. The van der Waals surface area contributed by atoms with Gasteiger partial charge in [-0.3, -0.25) is 4.79 Å². The molecule has 0 bridgehead atoms. The summed E-state index contributed by atoms with van der Waals surface area (Å²) in [4.78, 5) is 20.4. The number of likely N-dealkylation sites (N-methyl/N-ethyl adjacent to an activating group) is 1. The minimum absolute atomic E-state index is 0.228. The van der Waals surface area contributed by atoms with Gasteiger partial charge in [0.2, 0.25) is 0 Å². The molecule has 1 aliphatic rings. The minimum Gasteiger partial charge on any atom is -0.338 e. The van der Waals surface area contributed by atoms with Crippen molar-refractivity contribution in [3.8, 4) is 0 Å². The second kappa shape index (κ2) is 6.13. The molecule has 4 nitrogen and oxygen atoms in total. The van der Waals surface area contributed by atoms with Gasteiger partial charge in [0, 0.05) is 19.6 Å². The Morgan fingerprint density at radius 3 is 2.76 bits per heavy atom. The molecule has 3 rings (SSSR count). The molecule has 1 fully saturated rings. The number of carbonyl (C=O) groups is 1. The highest BCUT2D eigenvalue weighted by molar-refractivity contribution is 7.17. The van der Waals surface area contributed by atoms with E-state index in [1.807, 2.05) is 18.2 Å². The van der Waals surface area contributed by atoms with Gasteiger partial charge in [0.1, 0.15) is 4.88 Å². The molecule has 110 valence electrons. The molecule has 2 aromatic rings. The second-order valence-electron chi connectivity index (χ2n) is 5.15. The van der Waals surface area contributed by atoms with Crippen molar-refractivity contribution in [3.05, 3.63) is 45.9 Å². The molecule has 21 heavy (non-hydrogen) atoms. The minimum atomic E-state index is 0.228. The van der Waals surface area contributed by atoms with E-state index in [1.54, 1.807) is 0 Å². The van der Waals surface area contributed by atoms with Crippen molar-refractivity contribution in [2.45, 2.75) is 6.04 Å². The van der Waals surface area contributed by atoms with E-state index in [-0.39, 0.29) is 6.04 Å². The van der Waals surface area contributed by atoms with E-state index in [9.17, 15) is 4.79 Å². The average Bonchev–Trinajstić information content (AvgIpc) is 2.89. The third kappa shape index (κ3) is 2.95. The molecular formula is C15H16ClN3OS. The van der Waals surface area contributed by atoms with Crippen molar-refractivity contribution in [3.63, 3.8) is 0 Å². The van der Waals surface area contributed by atoms with E-state index in [0.717, 1.165) is 31.1 Å².